The zero-order valence-electron chi connectivity index (χ0n) is 24.9. The van der Waals surface area contributed by atoms with E-state index < -0.39 is 5.97 Å². The van der Waals surface area contributed by atoms with E-state index in [1.165, 1.54) is 5.56 Å². The number of aliphatic carboxylic acids is 1. The van der Waals surface area contributed by atoms with E-state index in [0.29, 0.717) is 31.4 Å². The van der Waals surface area contributed by atoms with Crippen LogP contribution in [0.25, 0.3) is 0 Å². The van der Waals surface area contributed by atoms with Gasteiger partial charge in [0, 0.05) is 38.9 Å². The van der Waals surface area contributed by atoms with Crippen LogP contribution in [0.5, 0.6) is 11.6 Å². The van der Waals surface area contributed by atoms with Crippen LogP contribution in [-0.2, 0) is 29.1 Å². The van der Waals surface area contributed by atoms with Gasteiger partial charge in [-0.05, 0) is 87.1 Å². The summed E-state index contributed by atoms with van der Waals surface area (Å²) in [6.45, 7) is 8.95. The van der Waals surface area contributed by atoms with Gasteiger partial charge in [-0.25, -0.2) is 4.98 Å². The summed E-state index contributed by atoms with van der Waals surface area (Å²) in [6, 6.07) is 16.4. The van der Waals surface area contributed by atoms with Gasteiger partial charge in [-0.1, -0.05) is 36.4 Å². The molecule has 1 unspecified atom stereocenters. The molecular formula is C34H43N3O5. The van der Waals surface area contributed by atoms with E-state index in [2.05, 4.69) is 39.1 Å². The SMILES string of the molecule is Cc1cnc(C)c(OCCC2CCOC3(CCN(Cc4ccc(COc5ccc(CCC(=O)O)cc5)cc4)CC3)C2)n1. The van der Waals surface area contributed by atoms with Gasteiger partial charge < -0.3 is 19.3 Å². The van der Waals surface area contributed by atoms with Crippen molar-refractivity contribution in [1.82, 2.24) is 14.9 Å². The third kappa shape index (κ3) is 8.52. The van der Waals surface area contributed by atoms with Crippen molar-refractivity contribution >= 4 is 5.97 Å². The Bertz CT molecular complexity index is 1300. The zero-order valence-corrected chi connectivity index (χ0v) is 24.9. The normalized spacial score (nSPS) is 18.6. The van der Waals surface area contributed by atoms with Crippen LogP contribution in [0, 0.1) is 19.8 Å². The highest BCUT2D eigenvalue weighted by Crippen LogP contribution is 2.39. The number of nitrogens with zero attached hydrogens (tertiary/aromatic N) is 3. The van der Waals surface area contributed by atoms with Gasteiger partial charge in [0.1, 0.15) is 12.4 Å². The van der Waals surface area contributed by atoms with E-state index in [4.69, 9.17) is 19.3 Å². The number of likely N-dealkylation sites (tertiary alicyclic amines) is 1. The highest BCUT2D eigenvalue weighted by molar-refractivity contribution is 5.67. The fourth-order valence-corrected chi connectivity index (χ4v) is 5.99. The molecule has 1 atom stereocenters. The van der Waals surface area contributed by atoms with Crippen LogP contribution in [0.15, 0.2) is 54.7 Å². The number of hydrogen-bond acceptors (Lipinski definition) is 7. The van der Waals surface area contributed by atoms with Crippen molar-refractivity contribution in [3.8, 4) is 11.6 Å². The number of rotatable bonds is 12. The average molecular weight is 574 g/mol. The number of carboxylic acids is 1. The predicted octanol–water partition coefficient (Wildman–Crippen LogP) is 5.92. The van der Waals surface area contributed by atoms with E-state index >= 15 is 0 Å². The van der Waals surface area contributed by atoms with Crippen molar-refractivity contribution in [2.24, 2.45) is 5.92 Å². The molecule has 0 amide bonds. The maximum atomic E-state index is 10.7. The molecule has 0 aliphatic carbocycles. The predicted molar refractivity (Wildman–Crippen MR) is 161 cm³/mol. The van der Waals surface area contributed by atoms with E-state index in [9.17, 15) is 4.79 Å². The topological polar surface area (TPSA) is 94.0 Å². The van der Waals surface area contributed by atoms with Gasteiger partial charge in [0.2, 0.25) is 5.88 Å². The molecule has 1 N–H and O–H groups in total. The Balaban J connectivity index is 1.02. The van der Waals surface area contributed by atoms with Crippen molar-refractivity contribution in [2.75, 3.05) is 26.3 Å². The van der Waals surface area contributed by atoms with Gasteiger partial charge in [0.15, 0.2) is 0 Å². The Morgan fingerprint density at radius 3 is 2.48 bits per heavy atom. The standard InChI is InChI=1S/C34H43N3O5/c1-25-22-35-26(2)33(36-25)40-19-13-28-14-20-42-34(21-28)15-17-37(18-16-34)23-29-3-5-30(6-4-29)24-41-31-10-7-27(8-11-31)9-12-32(38)39/h3-8,10-11,22,28H,9,12-21,23-24H2,1-2H3,(H,38,39). The van der Waals surface area contributed by atoms with E-state index in [-0.39, 0.29) is 12.0 Å². The number of ether oxygens (including phenoxy) is 3. The molecule has 2 aliphatic heterocycles. The van der Waals surface area contributed by atoms with Crippen LogP contribution in [0.1, 0.15) is 66.6 Å². The molecule has 0 saturated carbocycles. The first-order chi connectivity index (χ1) is 20.4. The van der Waals surface area contributed by atoms with Crippen molar-refractivity contribution in [3.63, 3.8) is 0 Å². The Kier molecular flexibility index (Phi) is 10.1. The molecule has 1 spiro atoms. The summed E-state index contributed by atoms with van der Waals surface area (Å²) in [7, 11) is 0. The number of carboxylic acid groups (broad SMARTS) is 1. The van der Waals surface area contributed by atoms with Crippen LogP contribution in [0.2, 0.25) is 0 Å². The van der Waals surface area contributed by atoms with E-state index in [0.717, 1.165) is 86.6 Å². The average Bonchev–Trinajstić information content (AvgIpc) is 2.99. The molecule has 2 saturated heterocycles. The first kappa shape index (κ1) is 30.0. The zero-order chi connectivity index (χ0) is 29.4. The minimum atomic E-state index is -0.780. The maximum absolute atomic E-state index is 10.7. The Morgan fingerprint density at radius 1 is 1.02 bits per heavy atom. The van der Waals surface area contributed by atoms with Crippen LogP contribution < -0.4 is 9.47 Å². The van der Waals surface area contributed by atoms with Gasteiger partial charge in [-0.15, -0.1) is 0 Å². The summed E-state index contributed by atoms with van der Waals surface area (Å²) < 4.78 is 18.3. The first-order valence-corrected chi connectivity index (χ1v) is 15.2. The van der Waals surface area contributed by atoms with Crippen LogP contribution in [0.3, 0.4) is 0 Å². The molecule has 3 heterocycles. The number of carbonyl (C=O) groups is 1. The smallest absolute Gasteiger partial charge is 0.303 e. The second kappa shape index (κ2) is 14.1. The fourth-order valence-electron chi connectivity index (χ4n) is 5.99. The molecule has 0 radical (unpaired) electrons. The lowest BCUT2D eigenvalue weighted by Gasteiger charge is -2.46. The summed E-state index contributed by atoms with van der Waals surface area (Å²) in [4.78, 5) is 22.1. The summed E-state index contributed by atoms with van der Waals surface area (Å²) in [5, 5.41) is 8.84. The van der Waals surface area contributed by atoms with Gasteiger partial charge in [0.05, 0.1) is 23.6 Å². The van der Waals surface area contributed by atoms with Gasteiger partial charge >= 0.3 is 5.97 Å². The first-order valence-electron chi connectivity index (χ1n) is 15.2. The molecule has 5 rings (SSSR count). The van der Waals surface area contributed by atoms with Crippen molar-refractivity contribution in [2.45, 2.75) is 77.5 Å². The molecule has 2 aromatic carbocycles. The van der Waals surface area contributed by atoms with Crippen molar-refractivity contribution < 1.29 is 24.1 Å². The van der Waals surface area contributed by atoms with Gasteiger partial charge in [-0.2, -0.15) is 0 Å². The summed E-state index contributed by atoms with van der Waals surface area (Å²) in [6.07, 6.45) is 7.84. The largest absolute Gasteiger partial charge is 0.489 e. The van der Waals surface area contributed by atoms with Crippen LogP contribution >= 0.6 is 0 Å². The third-order valence-electron chi connectivity index (χ3n) is 8.55. The summed E-state index contributed by atoms with van der Waals surface area (Å²) in [5.41, 5.74) is 5.17. The van der Waals surface area contributed by atoms with Crippen LogP contribution in [0.4, 0.5) is 0 Å². The second-order valence-corrected chi connectivity index (χ2v) is 11.8. The lowest BCUT2D eigenvalue weighted by atomic mass is 9.78. The minimum Gasteiger partial charge on any atom is -0.489 e. The lowest BCUT2D eigenvalue weighted by molar-refractivity contribution is -0.137. The fraction of sp³-hybridized carbons (Fsp3) is 0.500. The maximum Gasteiger partial charge on any atom is 0.303 e. The van der Waals surface area contributed by atoms with E-state index in [1.807, 2.05) is 38.1 Å². The van der Waals surface area contributed by atoms with Crippen LogP contribution in [-0.4, -0.2) is 57.8 Å². The van der Waals surface area contributed by atoms with Crippen molar-refractivity contribution in [1.29, 1.82) is 0 Å². The lowest BCUT2D eigenvalue weighted by Crippen LogP contribution is -2.49. The second-order valence-electron chi connectivity index (χ2n) is 11.8. The highest BCUT2D eigenvalue weighted by atomic mass is 16.5. The summed E-state index contributed by atoms with van der Waals surface area (Å²) in [5.74, 6) is 1.29. The number of piperidine rings is 1. The Morgan fingerprint density at radius 2 is 1.74 bits per heavy atom. The summed E-state index contributed by atoms with van der Waals surface area (Å²) >= 11 is 0. The molecule has 3 aromatic rings. The van der Waals surface area contributed by atoms with Crippen molar-refractivity contribution in [3.05, 3.63) is 82.8 Å². The molecule has 42 heavy (non-hydrogen) atoms. The molecule has 0 bridgehead atoms. The quantitative estimate of drug-likeness (QED) is 0.285. The molecule has 2 fully saturated rings. The monoisotopic (exact) mass is 573 g/mol. The molecule has 224 valence electrons. The Labute approximate surface area is 249 Å². The third-order valence-corrected chi connectivity index (χ3v) is 8.55. The highest BCUT2D eigenvalue weighted by Gasteiger charge is 2.40. The molecular weight excluding hydrogens is 530 g/mol. The number of aryl methyl sites for hydroxylation is 3. The molecule has 8 heteroatoms. The minimum absolute atomic E-state index is 0.00807. The Hall–Kier alpha value is -3.49. The molecule has 1 aromatic heterocycles. The van der Waals surface area contributed by atoms with Gasteiger partial charge in [-0.3, -0.25) is 14.7 Å². The number of hydrogen-bond donors (Lipinski definition) is 1. The molecule has 2 aliphatic rings. The number of benzene rings is 2. The molecule has 8 nitrogen and oxygen atoms in total. The van der Waals surface area contributed by atoms with Gasteiger partial charge in [0.25, 0.3) is 0 Å². The van der Waals surface area contributed by atoms with E-state index in [1.54, 1.807) is 6.20 Å². The number of aromatic nitrogens is 2.